The fourth-order valence-electron chi connectivity index (χ4n) is 2.59. The van der Waals surface area contributed by atoms with Crippen molar-refractivity contribution < 1.29 is 18.7 Å². The number of hydrogen-bond acceptors (Lipinski definition) is 5. The highest BCUT2D eigenvalue weighted by atomic mass is 16.5. The number of benzene rings is 2. The summed E-state index contributed by atoms with van der Waals surface area (Å²) in [5, 5.41) is 2.82. The number of carbonyl (C=O) groups excluding carboxylic acids is 1. The van der Waals surface area contributed by atoms with E-state index in [1.165, 1.54) is 0 Å². The van der Waals surface area contributed by atoms with Gasteiger partial charge in [0.2, 0.25) is 11.8 Å². The Hall–Kier alpha value is -3.28. The number of nitrogens with zero attached hydrogens (tertiary/aromatic N) is 1. The summed E-state index contributed by atoms with van der Waals surface area (Å²) in [5.41, 5.74) is 2.01. The molecule has 140 valence electrons. The van der Waals surface area contributed by atoms with E-state index in [2.05, 4.69) is 10.3 Å². The van der Waals surface area contributed by atoms with E-state index in [9.17, 15) is 4.79 Å². The molecule has 1 aromatic heterocycles. The lowest BCUT2D eigenvalue weighted by atomic mass is 10.1. The fraction of sp³-hybridized carbons (Fsp3) is 0.238. The number of anilines is 1. The molecule has 1 amide bonds. The van der Waals surface area contributed by atoms with Gasteiger partial charge in [-0.05, 0) is 48.5 Å². The summed E-state index contributed by atoms with van der Waals surface area (Å²) in [7, 11) is 3.20. The molecule has 1 heterocycles. The monoisotopic (exact) mass is 366 g/mol. The second kappa shape index (κ2) is 7.95. The maximum absolute atomic E-state index is 12.6. The Kier molecular flexibility index (Phi) is 5.45. The first-order valence-electron chi connectivity index (χ1n) is 8.62. The van der Waals surface area contributed by atoms with Gasteiger partial charge in [-0.1, -0.05) is 13.8 Å². The molecule has 0 bridgehead atoms. The molecule has 6 nitrogen and oxygen atoms in total. The van der Waals surface area contributed by atoms with E-state index in [1.54, 1.807) is 38.5 Å². The standard InChI is InChI=1S/C21H22N2O4/c1-13(2)18-21(23-19(24)14-5-9-16(25-3)10-6-14)27-20(22-18)15-7-11-17(26-4)12-8-15/h5-13H,1-4H3,(H,23,24). The van der Waals surface area contributed by atoms with Crippen molar-refractivity contribution in [3.63, 3.8) is 0 Å². The first kappa shape index (κ1) is 18.5. The molecule has 0 spiro atoms. The van der Waals surface area contributed by atoms with Crippen LogP contribution in [0.5, 0.6) is 11.5 Å². The number of aromatic nitrogens is 1. The zero-order chi connectivity index (χ0) is 19.4. The highest BCUT2D eigenvalue weighted by Gasteiger charge is 2.20. The van der Waals surface area contributed by atoms with Gasteiger partial charge in [0.1, 0.15) is 17.2 Å². The van der Waals surface area contributed by atoms with Crippen LogP contribution in [0, 0.1) is 0 Å². The van der Waals surface area contributed by atoms with Gasteiger partial charge in [-0.15, -0.1) is 0 Å². The molecule has 1 N–H and O–H groups in total. The molecular weight excluding hydrogens is 344 g/mol. The molecule has 0 saturated carbocycles. The third kappa shape index (κ3) is 4.11. The lowest BCUT2D eigenvalue weighted by molar-refractivity contribution is 0.102. The summed E-state index contributed by atoms with van der Waals surface area (Å²) in [6.45, 7) is 4.00. The van der Waals surface area contributed by atoms with E-state index >= 15 is 0 Å². The van der Waals surface area contributed by atoms with E-state index < -0.39 is 0 Å². The molecule has 27 heavy (non-hydrogen) atoms. The second-order valence-corrected chi connectivity index (χ2v) is 6.30. The quantitative estimate of drug-likeness (QED) is 0.682. The van der Waals surface area contributed by atoms with Gasteiger partial charge in [-0.2, -0.15) is 0 Å². The van der Waals surface area contributed by atoms with Crippen LogP contribution in [0.3, 0.4) is 0 Å². The average molecular weight is 366 g/mol. The number of ether oxygens (including phenoxy) is 2. The molecule has 3 aromatic rings. The van der Waals surface area contributed by atoms with Crippen LogP contribution in [0.15, 0.2) is 52.9 Å². The van der Waals surface area contributed by atoms with Crippen molar-refractivity contribution in [2.24, 2.45) is 0 Å². The third-order valence-electron chi connectivity index (χ3n) is 4.12. The minimum atomic E-state index is -0.267. The van der Waals surface area contributed by atoms with Gasteiger partial charge in [0.25, 0.3) is 5.91 Å². The lowest BCUT2D eigenvalue weighted by Gasteiger charge is -2.06. The second-order valence-electron chi connectivity index (χ2n) is 6.30. The largest absolute Gasteiger partial charge is 0.497 e. The highest BCUT2D eigenvalue weighted by Crippen LogP contribution is 2.31. The Balaban J connectivity index is 1.87. The fourth-order valence-corrected chi connectivity index (χ4v) is 2.59. The molecule has 0 unspecified atom stereocenters. The van der Waals surface area contributed by atoms with E-state index in [0.717, 1.165) is 11.3 Å². The Labute approximate surface area is 158 Å². The van der Waals surface area contributed by atoms with Gasteiger partial charge in [-0.25, -0.2) is 4.98 Å². The lowest BCUT2D eigenvalue weighted by Crippen LogP contribution is -2.12. The number of oxazole rings is 1. The molecule has 0 atom stereocenters. The molecule has 3 rings (SSSR count). The van der Waals surface area contributed by atoms with Gasteiger partial charge in [0.05, 0.1) is 14.2 Å². The summed E-state index contributed by atoms with van der Waals surface area (Å²) in [6.07, 6.45) is 0. The van der Waals surface area contributed by atoms with E-state index in [0.29, 0.717) is 28.8 Å². The summed E-state index contributed by atoms with van der Waals surface area (Å²) >= 11 is 0. The van der Waals surface area contributed by atoms with Gasteiger partial charge < -0.3 is 13.9 Å². The predicted octanol–water partition coefficient (Wildman–Crippen LogP) is 4.73. The first-order chi connectivity index (χ1) is 13.0. The molecule has 0 saturated heterocycles. The average Bonchev–Trinajstić information content (AvgIpc) is 3.12. The molecule has 0 aliphatic carbocycles. The highest BCUT2D eigenvalue weighted by molar-refractivity contribution is 6.04. The summed E-state index contributed by atoms with van der Waals surface area (Å²) in [5.74, 6) is 2.07. The van der Waals surface area contributed by atoms with Crippen LogP contribution < -0.4 is 14.8 Å². The first-order valence-corrected chi connectivity index (χ1v) is 8.62. The van der Waals surface area contributed by atoms with Crippen molar-refractivity contribution in [2.45, 2.75) is 19.8 Å². The zero-order valence-corrected chi connectivity index (χ0v) is 15.8. The molecule has 2 aromatic carbocycles. The Morgan fingerprint density at radius 2 is 1.52 bits per heavy atom. The molecule has 0 fully saturated rings. The smallest absolute Gasteiger partial charge is 0.258 e. The number of amides is 1. The van der Waals surface area contributed by atoms with Crippen LogP contribution >= 0.6 is 0 Å². The molecule has 0 radical (unpaired) electrons. The van der Waals surface area contributed by atoms with Gasteiger partial charge >= 0.3 is 0 Å². The summed E-state index contributed by atoms with van der Waals surface area (Å²) in [4.78, 5) is 17.1. The molecular formula is C21H22N2O4. The van der Waals surface area contributed by atoms with Crippen LogP contribution in [-0.2, 0) is 0 Å². The van der Waals surface area contributed by atoms with Crippen molar-refractivity contribution in [3.8, 4) is 23.0 Å². The molecule has 6 heteroatoms. The third-order valence-corrected chi connectivity index (χ3v) is 4.12. The van der Waals surface area contributed by atoms with E-state index in [-0.39, 0.29) is 11.8 Å². The van der Waals surface area contributed by atoms with E-state index in [4.69, 9.17) is 13.9 Å². The summed E-state index contributed by atoms with van der Waals surface area (Å²) in [6, 6.07) is 14.3. The normalized spacial score (nSPS) is 10.7. The van der Waals surface area contributed by atoms with Gasteiger partial charge in [-0.3, -0.25) is 10.1 Å². The SMILES string of the molecule is COc1ccc(C(=O)Nc2oc(-c3ccc(OC)cc3)nc2C(C)C)cc1. The number of methoxy groups -OCH3 is 2. The number of hydrogen-bond donors (Lipinski definition) is 1. The molecule has 0 aliphatic heterocycles. The van der Waals surface area contributed by atoms with Crippen LogP contribution in [-0.4, -0.2) is 25.1 Å². The number of nitrogens with one attached hydrogen (secondary N) is 1. The van der Waals surface area contributed by atoms with Crippen LogP contribution in [0.25, 0.3) is 11.5 Å². The van der Waals surface area contributed by atoms with E-state index in [1.807, 2.05) is 38.1 Å². The predicted molar refractivity (Wildman–Crippen MR) is 104 cm³/mol. The zero-order valence-electron chi connectivity index (χ0n) is 15.8. The van der Waals surface area contributed by atoms with Crippen molar-refractivity contribution in [2.75, 3.05) is 19.5 Å². The minimum absolute atomic E-state index is 0.0897. The topological polar surface area (TPSA) is 73.6 Å². The van der Waals surface area contributed by atoms with Crippen molar-refractivity contribution in [1.29, 1.82) is 0 Å². The Bertz CT molecular complexity index is 912. The van der Waals surface area contributed by atoms with Gasteiger partial charge in [0.15, 0.2) is 0 Å². The van der Waals surface area contributed by atoms with Crippen molar-refractivity contribution in [3.05, 3.63) is 59.8 Å². The summed E-state index contributed by atoms with van der Waals surface area (Å²) < 4.78 is 16.2. The van der Waals surface area contributed by atoms with Crippen molar-refractivity contribution >= 4 is 11.8 Å². The van der Waals surface area contributed by atoms with Crippen LogP contribution in [0.2, 0.25) is 0 Å². The van der Waals surface area contributed by atoms with Gasteiger partial charge in [0, 0.05) is 17.0 Å². The van der Waals surface area contributed by atoms with Crippen LogP contribution in [0.4, 0.5) is 5.88 Å². The van der Waals surface area contributed by atoms with Crippen LogP contribution in [0.1, 0.15) is 35.8 Å². The maximum atomic E-state index is 12.6. The Morgan fingerprint density at radius 3 is 2.04 bits per heavy atom. The maximum Gasteiger partial charge on any atom is 0.258 e. The van der Waals surface area contributed by atoms with Crippen molar-refractivity contribution in [1.82, 2.24) is 4.98 Å². The minimum Gasteiger partial charge on any atom is -0.497 e. The number of carbonyl (C=O) groups is 1. The Morgan fingerprint density at radius 1 is 0.963 bits per heavy atom. The number of rotatable bonds is 6. The molecule has 0 aliphatic rings.